The predicted octanol–water partition coefficient (Wildman–Crippen LogP) is 2.50. The Morgan fingerprint density at radius 1 is 1.24 bits per heavy atom. The quantitative estimate of drug-likeness (QED) is 0.801. The molecular weight excluding hydrogens is 216 g/mol. The van der Waals surface area contributed by atoms with E-state index in [-0.39, 0.29) is 12.0 Å². The Bertz CT molecular complexity index is 353. The highest BCUT2D eigenvalue weighted by atomic mass is 16.5. The molecule has 0 unspecified atom stereocenters. The van der Waals surface area contributed by atoms with Crippen molar-refractivity contribution in [1.82, 2.24) is 0 Å². The molecule has 0 aliphatic carbocycles. The third kappa shape index (κ3) is 3.72. The minimum Gasteiger partial charge on any atom is -0.496 e. The van der Waals surface area contributed by atoms with Crippen LogP contribution in [0.2, 0.25) is 0 Å². The van der Waals surface area contributed by atoms with Gasteiger partial charge in [0.15, 0.2) is 0 Å². The number of ether oxygens (including phenoxy) is 2. The summed E-state index contributed by atoms with van der Waals surface area (Å²) >= 11 is 0. The van der Waals surface area contributed by atoms with E-state index >= 15 is 0 Å². The van der Waals surface area contributed by atoms with Gasteiger partial charge in [-0.05, 0) is 11.0 Å². The van der Waals surface area contributed by atoms with Crippen LogP contribution in [0.3, 0.4) is 0 Å². The fourth-order valence-electron chi connectivity index (χ4n) is 1.78. The lowest BCUT2D eigenvalue weighted by Crippen LogP contribution is -2.14. The maximum atomic E-state index is 8.70. The molecule has 0 amide bonds. The zero-order valence-corrected chi connectivity index (χ0v) is 11.1. The third-order valence-corrected chi connectivity index (χ3v) is 2.60. The van der Waals surface area contributed by atoms with Gasteiger partial charge in [-0.2, -0.15) is 0 Å². The molecular formula is C14H22O3. The summed E-state index contributed by atoms with van der Waals surface area (Å²) in [5.74, 6) is 0.887. The molecule has 17 heavy (non-hydrogen) atoms. The molecule has 0 atom stereocenters. The van der Waals surface area contributed by atoms with Crippen LogP contribution in [0.15, 0.2) is 18.2 Å². The number of aliphatic hydroxyl groups excluding tert-OH is 1. The third-order valence-electron chi connectivity index (χ3n) is 2.60. The van der Waals surface area contributed by atoms with Crippen LogP contribution in [0.4, 0.5) is 0 Å². The van der Waals surface area contributed by atoms with Gasteiger partial charge in [0.05, 0.1) is 26.9 Å². The molecule has 3 nitrogen and oxygen atoms in total. The molecule has 1 aromatic rings. The Kier molecular flexibility index (Phi) is 4.97. The molecule has 1 rings (SSSR count). The molecule has 96 valence electrons. The van der Waals surface area contributed by atoms with Crippen molar-refractivity contribution in [3.8, 4) is 5.75 Å². The van der Waals surface area contributed by atoms with Crippen molar-refractivity contribution in [3.63, 3.8) is 0 Å². The molecule has 0 aliphatic rings. The van der Waals surface area contributed by atoms with E-state index in [0.29, 0.717) is 13.2 Å². The fraction of sp³-hybridized carbons (Fsp3) is 0.571. The van der Waals surface area contributed by atoms with E-state index in [9.17, 15) is 0 Å². The molecule has 0 heterocycles. The first kappa shape index (κ1) is 14.0. The van der Waals surface area contributed by atoms with Gasteiger partial charge in [-0.3, -0.25) is 0 Å². The Morgan fingerprint density at radius 2 is 1.94 bits per heavy atom. The molecule has 3 heteroatoms. The van der Waals surface area contributed by atoms with Crippen LogP contribution in [-0.4, -0.2) is 25.4 Å². The Labute approximate surface area is 103 Å². The minimum absolute atomic E-state index is 0.0400. The molecule has 0 radical (unpaired) electrons. The number of hydrogen-bond donors (Lipinski definition) is 1. The molecule has 1 aromatic carbocycles. The van der Waals surface area contributed by atoms with Crippen LogP contribution >= 0.6 is 0 Å². The van der Waals surface area contributed by atoms with Crippen LogP contribution in [-0.2, 0) is 16.8 Å². The van der Waals surface area contributed by atoms with Gasteiger partial charge >= 0.3 is 0 Å². The molecule has 1 N–H and O–H groups in total. The van der Waals surface area contributed by atoms with Crippen molar-refractivity contribution in [2.45, 2.75) is 32.8 Å². The summed E-state index contributed by atoms with van der Waals surface area (Å²) in [6.45, 7) is 7.33. The molecule has 0 saturated heterocycles. The standard InChI is InChI=1S/C14H22O3/c1-14(2,3)12-7-5-6-11(13(12)16-4)10-17-9-8-15/h5-7,15H,8-10H2,1-4H3. The molecule has 0 aliphatic heterocycles. The first-order valence-electron chi connectivity index (χ1n) is 5.85. The van der Waals surface area contributed by atoms with Crippen LogP contribution in [0, 0.1) is 0 Å². The smallest absolute Gasteiger partial charge is 0.128 e. The Morgan fingerprint density at radius 3 is 2.47 bits per heavy atom. The SMILES string of the molecule is COc1c(COCCO)cccc1C(C)(C)C. The highest BCUT2D eigenvalue weighted by Gasteiger charge is 2.20. The second-order valence-corrected chi connectivity index (χ2v) is 5.02. The van der Waals surface area contributed by atoms with E-state index in [4.69, 9.17) is 14.6 Å². The maximum absolute atomic E-state index is 8.70. The van der Waals surface area contributed by atoms with Gasteiger partial charge in [0.2, 0.25) is 0 Å². The monoisotopic (exact) mass is 238 g/mol. The van der Waals surface area contributed by atoms with Crippen LogP contribution < -0.4 is 4.74 Å². The summed E-state index contributed by atoms with van der Waals surface area (Å²) in [6.07, 6.45) is 0. The largest absolute Gasteiger partial charge is 0.496 e. The average molecular weight is 238 g/mol. The summed E-state index contributed by atoms with van der Waals surface area (Å²) < 4.78 is 10.8. The Hall–Kier alpha value is -1.06. The lowest BCUT2D eigenvalue weighted by molar-refractivity contribution is 0.0802. The second kappa shape index (κ2) is 6.03. The van der Waals surface area contributed by atoms with Crippen LogP contribution in [0.25, 0.3) is 0 Å². The first-order chi connectivity index (χ1) is 8.00. The van der Waals surface area contributed by atoms with Crippen molar-refractivity contribution >= 4 is 0 Å². The van der Waals surface area contributed by atoms with E-state index < -0.39 is 0 Å². The highest BCUT2D eigenvalue weighted by Crippen LogP contribution is 2.34. The minimum atomic E-state index is 0.0400. The van der Waals surface area contributed by atoms with Crippen molar-refractivity contribution in [1.29, 1.82) is 0 Å². The number of para-hydroxylation sites is 1. The number of benzene rings is 1. The second-order valence-electron chi connectivity index (χ2n) is 5.02. The summed E-state index contributed by atoms with van der Waals surface area (Å²) in [4.78, 5) is 0. The summed E-state index contributed by atoms with van der Waals surface area (Å²) in [5.41, 5.74) is 2.23. The lowest BCUT2D eigenvalue weighted by Gasteiger charge is -2.23. The van der Waals surface area contributed by atoms with E-state index in [2.05, 4.69) is 26.8 Å². The van der Waals surface area contributed by atoms with Crippen molar-refractivity contribution < 1.29 is 14.6 Å². The molecule has 0 fully saturated rings. The highest BCUT2D eigenvalue weighted by molar-refractivity contribution is 5.44. The van der Waals surface area contributed by atoms with Gasteiger partial charge in [0.25, 0.3) is 0 Å². The summed E-state index contributed by atoms with van der Waals surface area (Å²) in [5, 5.41) is 8.70. The van der Waals surface area contributed by atoms with E-state index in [1.165, 1.54) is 5.56 Å². The van der Waals surface area contributed by atoms with Gasteiger partial charge in [-0.15, -0.1) is 0 Å². The van der Waals surface area contributed by atoms with E-state index in [0.717, 1.165) is 11.3 Å². The van der Waals surface area contributed by atoms with Crippen molar-refractivity contribution in [3.05, 3.63) is 29.3 Å². The molecule has 0 aromatic heterocycles. The summed E-state index contributed by atoms with van der Waals surface area (Å²) in [7, 11) is 1.68. The van der Waals surface area contributed by atoms with Gasteiger partial charge < -0.3 is 14.6 Å². The Balaban J connectivity index is 2.98. The molecule has 0 saturated carbocycles. The van der Waals surface area contributed by atoms with Gasteiger partial charge in [0.1, 0.15) is 5.75 Å². The predicted molar refractivity (Wildman–Crippen MR) is 68.4 cm³/mol. The number of methoxy groups -OCH3 is 1. The van der Waals surface area contributed by atoms with Gasteiger partial charge in [-0.1, -0.05) is 39.0 Å². The zero-order valence-electron chi connectivity index (χ0n) is 11.1. The first-order valence-corrected chi connectivity index (χ1v) is 5.85. The average Bonchev–Trinajstić information content (AvgIpc) is 2.28. The van der Waals surface area contributed by atoms with Crippen LogP contribution in [0.1, 0.15) is 31.9 Å². The molecule has 0 spiro atoms. The lowest BCUT2D eigenvalue weighted by atomic mass is 9.85. The fourth-order valence-corrected chi connectivity index (χ4v) is 1.78. The van der Waals surface area contributed by atoms with Crippen molar-refractivity contribution in [2.75, 3.05) is 20.3 Å². The van der Waals surface area contributed by atoms with Gasteiger partial charge in [0, 0.05) is 5.56 Å². The number of rotatable bonds is 5. The van der Waals surface area contributed by atoms with E-state index in [1.54, 1.807) is 7.11 Å². The van der Waals surface area contributed by atoms with Crippen LogP contribution in [0.5, 0.6) is 5.75 Å². The van der Waals surface area contributed by atoms with Gasteiger partial charge in [-0.25, -0.2) is 0 Å². The van der Waals surface area contributed by atoms with E-state index in [1.807, 2.05) is 12.1 Å². The number of aliphatic hydroxyl groups is 1. The zero-order chi connectivity index (χ0) is 12.9. The number of hydrogen-bond acceptors (Lipinski definition) is 3. The van der Waals surface area contributed by atoms with Crippen molar-refractivity contribution in [2.24, 2.45) is 0 Å². The molecule has 0 bridgehead atoms. The topological polar surface area (TPSA) is 38.7 Å². The summed E-state index contributed by atoms with van der Waals surface area (Å²) in [6, 6.07) is 6.08. The normalized spacial score (nSPS) is 11.6. The maximum Gasteiger partial charge on any atom is 0.128 e.